The minimum absolute atomic E-state index is 0.103. The predicted molar refractivity (Wildman–Crippen MR) is 122 cm³/mol. The molecule has 34 heavy (non-hydrogen) atoms. The van der Waals surface area contributed by atoms with E-state index in [1.807, 2.05) is 0 Å². The van der Waals surface area contributed by atoms with Gasteiger partial charge >= 0.3 is 5.97 Å². The van der Waals surface area contributed by atoms with Crippen LogP contribution in [0, 0.1) is 11.6 Å². The van der Waals surface area contributed by atoms with Crippen molar-refractivity contribution in [3.63, 3.8) is 0 Å². The van der Waals surface area contributed by atoms with Crippen molar-refractivity contribution in [1.29, 1.82) is 0 Å². The number of H-pyrrole nitrogens is 1. The predicted octanol–water partition coefficient (Wildman–Crippen LogP) is 5.16. The molecule has 1 atom stereocenters. The van der Waals surface area contributed by atoms with Crippen molar-refractivity contribution in [2.75, 3.05) is 5.32 Å². The molecule has 6 nitrogen and oxygen atoms in total. The van der Waals surface area contributed by atoms with Crippen molar-refractivity contribution in [2.24, 2.45) is 0 Å². The number of aryl methyl sites for hydroxylation is 1. The third-order valence-electron chi connectivity index (χ3n) is 6.35. The van der Waals surface area contributed by atoms with Gasteiger partial charge < -0.3 is 15.4 Å². The SMILES string of the molecule is CC(C(=O)O)c1c(/C=C2\C(=O)Nc3cc(-c4cc(F)cc(F)c4)ccc32)[nH]c2c1C(=O)CCC2. The Labute approximate surface area is 193 Å². The number of carbonyl (C=O) groups is 3. The van der Waals surface area contributed by atoms with Gasteiger partial charge in [-0.05, 0) is 55.2 Å². The van der Waals surface area contributed by atoms with E-state index in [0.29, 0.717) is 69.7 Å². The van der Waals surface area contributed by atoms with Crippen LogP contribution in [0.25, 0.3) is 22.8 Å². The summed E-state index contributed by atoms with van der Waals surface area (Å²) in [4.78, 5) is 40.4. The zero-order valence-electron chi connectivity index (χ0n) is 18.2. The monoisotopic (exact) mass is 462 g/mol. The number of ketones is 1. The molecule has 1 aromatic heterocycles. The molecular formula is C26H20F2N2O4. The van der Waals surface area contributed by atoms with Crippen LogP contribution >= 0.6 is 0 Å². The van der Waals surface area contributed by atoms with E-state index in [1.54, 1.807) is 24.3 Å². The van der Waals surface area contributed by atoms with Gasteiger partial charge in [0.2, 0.25) is 0 Å². The van der Waals surface area contributed by atoms with Crippen molar-refractivity contribution in [2.45, 2.75) is 32.1 Å². The fraction of sp³-hybridized carbons (Fsp3) is 0.192. The van der Waals surface area contributed by atoms with Crippen LogP contribution in [0.1, 0.15) is 58.6 Å². The lowest BCUT2D eigenvalue weighted by Gasteiger charge is -2.14. The lowest BCUT2D eigenvalue weighted by molar-refractivity contribution is -0.138. The molecule has 3 aromatic rings. The second-order valence-electron chi connectivity index (χ2n) is 8.57. The molecule has 1 unspecified atom stereocenters. The lowest BCUT2D eigenvalue weighted by Crippen LogP contribution is -2.15. The Hall–Kier alpha value is -4.07. The standard InChI is InChI=1S/C26H20F2N2O4/c1-12(26(33)34)23-21(29-19-3-2-4-22(31)24(19)23)11-18-17-6-5-13(9-20(17)30-25(18)32)14-7-15(27)10-16(28)8-14/h5-12,29H,2-4H2,1H3,(H,30,32)(H,33,34)/b18-11-. The minimum atomic E-state index is -1.07. The van der Waals surface area contributed by atoms with Crippen molar-refractivity contribution < 1.29 is 28.3 Å². The third-order valence-corrected chi connectivity index (χ3v) is 6.35. The molecule has 0 bridgehead atoms. The summed E-state index contributed by atoms with van der Waals surface area (Å²) in [5.41, 5.74) is 4.11. The number of benzene rings is 2. The van der Waals surface area contributed by atoms with Crippen molar-refractivity contribution in [3.8, 4) is 11.1 Å². The number of amides is 1. The molecule has 0 saturated carbocycles. The molecule has 1 amide bonds. The summed E-state index contributed by atoms with van der Waals surface area (Å²) in [5.74, 6) is -3.92. The Kier molecular flexibility index (Phi) is 5.16. The Bertz CT molecular complexity index is 1400. The summed E-state index contributed by atoms with van der Waals surface area (Å²) in [7, 11) is 0. The average molecular weight is 462 g/mol. The van der Waals surface area contributed by atoms with E-state index in [1.165, 1.54) is 19.1 Å². The van der Waals surface area contributed by atoms with Gasteiger partial charge in [0.1, 0.15) is 11.6 Å². The highest BCUT2D eigenvalue weighted by atomic mass is 19.1. The summed E-state index contributed by atoms with van der Waals surface area (Å²) in [6.07, 6.45) is 3.23. The molecule has 0 radical (unpaired) electrons. The van der Waals surface area contributed by atoms with Crippen molar-refractivity contribution in [3.05, 3.63) is 76.1 Å². The van der Waals surface area contributed by atoms with Gasteiger partial charge in [0.15, 0.2) is 5.78 Å². The van der Waals surface area contributed by atoms with Crippen molar-refractivity contribution in [1.82, 2.24) is 4.98 Å². The number of hydrogen-bond acceptors (Lipinski definition) is 3. The molecule has 0 saturated heterocycles. The van der Waals surface area contributed by atoms with Gasteiger partial charge in [0.05, 0.1) is 11.5 Å². The van der Waals surface area contributed by atoms with Crippen LogP contribution in [-0.2, 0) is 16.0 Å². The zero-order chi connectivity index (χ0) is 24.1. The topological polar surface area (TPSA) is 99.3 Å². The molecule has 3 N–H and O–H groups in total. The van der Waals surface area contributed by atoms with Gasteiger partial charge in [-0.3, -0.25) is 14.4 Å². The largest absolute Gasteiger partial charge is 0.481 e. The molecule has 0 spiro atoms. The first-order valence-corrected chi connectivity index (χ1v) is 10.9. The highest BCUT2D eigenvalue weighted by Crippen LogP contribution is 2.39. The van der Waals surface area contributed by atoms with Gasteiger partial charge in [-0.1, -0.05) is 12.1 Å². The number of halogens is 2. The second kappa shape index (κ2) is 8.06. The normalized spacial score (nSPS) is 16.9. The van der Waals surface area contributed by atoms with Gasteiger partial charge in [-0.15, -0.1) is 0 Å². The van der Waals surface area contributed by atoms with Crippen LogP contribution in [0.2, 0.25) is 0 Å². The van der Waals surface area contributed by atoms with Gasteiger partial charge in [0, 0.05) is 46.3 Å². The van der Waals surface area contributed by atoms with Crippen LogP contribution in [0.4, 0.5) is 14.5 Å². The van der Waals surface area contributed by atoms with Crippen molar-refractivity contribution >= 4 is 35.0 Å². The summed E-state index contributed by atoms with van der Waals surface area (Å²) in [6.45, 7) is 1.52. The molecule has 1 aliphatic carbocycles. The van der Waals surface area contributed by atoms with Gasteiger partial charge in [-0.25, -0.2) is 8.78 Å². The van der Waals surface area contributed by atoms with E-state index >= 15 is 0 Å². The van der Waals surface area contributed by atoms with E-state index in [4.69, 9.17) is 0 Å². The van der Waals surface area contributed by atoms with Gasteiger partial charge in [-0.2, -0.15) is 0 Å². The highest BCUT2D eigenvalue weighted by Gasteiger charge is 2.32. The number of aromatic amines is 1. The molecule has 1 aliphatic heterocycles. The smallest absolute Gasteiger partial charge is 0.310 e. The second-order valence-corrected chi connectivity index (χ2v) is 8.57. The number of carboxylic acids is 1. The van der Waals surface area contributed by atoms with Crippen LogP contribution in [-0.4, -0.2) is 27.8 Å². The molecule has 2 aliphatic rings. The molecule has 2 aromatic carbocycles. The summed E-state index contributed by atoms with van der Waals surface area (Å²) in [6, 6.07) is 8.16. The van der Waals surface area contributed by atoms with Crippen LogP contribution < -0.4 is 5.32 Å². The number of carbonyl (C=O) groups excluding carboxylic acids is 2. The number of aliphatic carboxylic acids is 1. The number of nitrogens with one attached hydrogen (secondary N) is 2. The number of aromatic nitrogens is 1. The zero-order valence-corrected chi connectivity index (χ0v) is 18.2. The minimum Gasteiger partial charge on any atom is -0.481 e. The Morgan fingerprint density at radius 3 is 2.50 bits per heavy atom. The first kappa shape index (κ1) is 21.8. The fourth-order valence-corrected chi connectivity index (χ4v) is 4.72. The van der Waals surface area contributed by atoms with E-state index in [0.717, 1.165) is 6.07 Å². The molecule has 172 valence electrons. The maximum atomic E-state index is 13.7. The quantitative estimate of drug-likeness (QED) is 0.467. The Morgan fingerprint density at radius 1 is 1.06 bits per heavy atom. The summed E-state index contributed by atoms with van der Waals surface area (Å²) >= 11 is 0. The maximum absolute atomic E-state index is 13.7. The first-order valence-electron chi connectivity index (χ1n) is 10.9. The van der Waals surface area contributed by atoms with Gasteiger partial charge in [0.25, 0.3) is 5.91 Å². The fourth-order valence-electron chi connectivity index (χ4n) is 4.72. The first-order chi connectivity index (χ1) is 16.2. The van der Waals surface area contributed by atoms with E-state index in [9.17, 15) is 28.3 Å². The maximum Gasteiger partial charge on any atom is 0.310 e. The number of Topliss-reactive ketones (excluding diaryl/α,β-unsaturated/α-hetero) is 1. The number of hydrogen-bond donors (Lipinski definition) is 3. The Morgan fingerprint density at radius 2 is 1.79 bits per heavy atom. The molecule has 5 rings (SSSR count). The number of anilines is 1. The average Bonchev–Trinajstić information content (AvgIpc) is 3.30. The van der Waals surface area contributed by atoms with E-state index < -0.39 is 29.4 Å². The van der Waals surface area contributed by atoms with Crippen LogP contribution in [0.15, 0.2) is 36.4 Å². The summed E-state index contributed by atoms with van der Waals surface area (Å²) < 4.78 is 27.3. The number of carboxylic acid groups (broad SMARTS) is 1. The molecular weight excluding hydrogens is 442 g/mol. The van der Waals surface area contributed by atoms with Crippen LogP contribution in [0.5, 0.6) is 0 Å². The lowest BCUT2D eigenvalue weighted by atomic mass is 9.87. The summed E-state index contributed by atoms with van der Waals surface area (Å²) in [5, 5.41) is 12.4. The molecule has 0 fully saturated rings. The van der Waals surface area contributed by atoms with Crippen LogP contribution in [0.3, 0.4) is 0 Å². The van der Waals surface area contributed by atoms with E-state index in [2.05, 4.69) is 10.3 Å². The Balaban J connectivity index is 1.61. The molecule has 8 heteroatoms. The number of fused-ring (bicyclic) bond motifs is 2. The van der Waals surface area contributed by atoms with E-state index in [-0.39, 0.29) is 5.78 Å². The number of rotatable bonds is 4. The third kappa shape index (κ3) is 3.61. The highest BCUT2D eigenvalue weighted by molar-refractivity contribution is 6.35. The molecule has 2 heterocycles.